The maximum absolute atomic E-state index is 14.3. The minimum absolute atomic E-state index is 0.121. The van der Waals surface area contributed by atoms with Crippen molar-refractivity contribution in [2.75, 3.05) is 12.3 Å². The van der Waals surface area contributed by atoms with Gasteiger partial charge in [0.15, 0.2) is 11.6 Å². The van der Waals surface area contributed by atoms with E-state index in [2.05, 4.69) is 27.8 Å². The van der Waals surface area contributed by atoms with Gasteiger partial charge in [-0.05, 0) is 63.1 Å². The highest BCUT2D eigenvalue weighted by molar-refractivity contribution is 8.00. The normalized spacial score (nSPS) is 13.3. The van der Waals surface area contributed by atoms with Gasteiger partial charge in [-0.1, -0.05) is 150 Å². The van der Waals surface area contributed by atoms with E-state index in [1.54, 1.807) is 20.8 Å². The number of benzene rings is 3. The van der Waals surface area contributed by atoms with Crippen molar-refractivity contribution in [1.29, 1.82) is 0 Å². The Bertz CT molecular complexity index is 1900. The van der Waals surface area contributed by atoms with Crippen molar-refractivity contribution in [3.8, 4) is 0 Å². The molecule has 360 valence electrons. The van der Waals surface area contributed by atoms with E-state index in [1.807, 2.05) is 105 Å². The predicted octanol–water partition coefficient (Wildman–Crippen LogP) is 8.54. The molecule has 13 nitrogen and oxygen atoms in total. The number of aliphatic carboxylic acids is 1. The monoisotopic (exact) mass is 928 g/mol. The number of hydrogen-bond donors (Lipinski definition) is 6. The zero-order chi connectivity index (χ0) is 48.5. The van der Waals surface area contributed by atoms with Crippen LogP contribution in [0.5, 0.6) is 0 Å². The lowest BCUT2D eigenvalue weighted by Crippen LogP contribution is -2.47. The number of carboxylic acid groups (broad SMARTS) is 1. The predicted molar refractivity (Wildman–Crippen MR) is 263 cm³/mol. The molecule has 14 heteroatoms. The number of Topliss-reactive ketones (excluding diaryl/α,β-unsaturated/α-hetero) is 2. The summed E-state index contributed by atoms with van der Waals surface area (Å²) in [6, 6.07) is 26.8. The molecule has 0 aliphatic rings. The number of nitrogens with one attached hydrogen (secondary N) is 4. The van der Waals surface area contributed by atoms with Gasteiger partial charge in [-0.3, -0.25) is 19.2 Å². The van der Waals surface area contributed by atoms with Crippen molar-refractivity contribution in [2.45, 2.75) is 147 Å². The van der Waals surface area contributed by atoms with Gasteiger partial charge in [0, 0.05) is 37.5 Å². The van der Waals surface area contributed by atoms with Crippen LogP contribution in [0.1, 0.15) is 135 Å². The highest BCUT2D eigenvalue weighted by Gasteiger charge is 2.39. The standard InChI is InChI=1S/C52H73N5O8S/c1-7-9-14-30-42(46(59)35-38(23-22-34-54-37(3)53)48(61)56-43(49(62)63)31-15-10-8-2)55-47(60)33-32-45(58)44(57-50(64)65-51(4,5)6)36-66-52(39-24-16-11-17-25-39,40-26-18-12-19-27-40)41-28-20-13-21-29-41/h11-13,16-21,24-29,38,42-44,54H,3,7-10,14-15,22-23,30-36,53H2,1-2,4-6H3,(H,55,60)(H,56,61)(H,57,64)(H,62,63)/t38-,42+,43+,44-/m0/s1. The average Bonchev–Trinajstić information content (AvgIpc) is 3.28. The van der Waals surface area contributed by atoms with E-state index >= 15 is 0 Å². The molecule has 3 rings (SSSR count). The van der Waals surface area contributed by atoms with Crippen LogP contribution in [0, 0.1) is 5.92 Å². The fourth-order valence-corrected chi connectivity index (χ4v) is 9.28. The van der Waals surface area contributed by atoms with Crippen LogP contribution in [-0.4, -0.2) is 76.6 Å². The lowest BCUT2D eigenvalue weighted by atomic mass is 9.84. The minimum Gasteiger partial charge on any atom is -0.480 e. The fourth-order valence-electron chi connectivity index (χ4n) is 7.69. The fraction of sp³-hybridized carbons (Fsp3) is 0.500. The topological polar surface area (TPSA) is 206 Å². The summed E-state index contributed by atoms with van der Waals surface area (Å²) in [6.07, 6.45) is 4.44. The molecule has 0 saturated carbocycles. The summed E-state index contributed by atoms with van der Waals surface area (Å²) in [7, 11) is 0. The van der Waals surface area contributed by atoms with Gasteiger partial charge in [0.1, 0.15) is 11.6 Å². The zero-order valence-corrected chi connectivity index (χ0v) is 40.4. The molecular weight excluding hydrogens is 855 g/mol. The summed E-state index contributed by atoms with van der Waals surface area (Å²) >= 11 is 1.49. The molecule has 66 heavy (non-hydrogen) atoms. The molecule has 3 aromatic carbocycles. The molecule has 0 bridgehead atoms. The number of carbonyl (C=O) groups excluding carboxylic acids is 5. The second-order valence-electron chi connectivity index (χ2n) is 17.7. The molecule has 3 amide bonds. The third kappa shape index (κ3) is 18.7. The van der Waals surface area contributed by atoms with Crippen molar-refractivity contribution in [3.63, 3.8) is 0 Å². The Labute approximate surface area is 396 Å². The summed E-state index contributed by atoms with van der Waals surface area (Å²) in [5.74, 6) is -3.44. The largest absolute Gasteiger partial charge is 0.480 e. The van der Waals surface area contributed by atoms with Gasteiger partial charge >= 0.3 is 12.1 Å². The van der Waals surface area contributed by atoms with Crippen LogP contribution in [0.15, 0.2) is 103 Å². The second kappa shape index (κ2) is 28.4. The molecule has 4 atom stereocenters. The minimum atomic E-state index is -1.14. The lowest BCUT2D eigenvalue weighted by Gasteiger charge is -2.36. The van der Waals surface area contributed by atoms with E-state index in [0.717, 1.165) is 42.4 Å². The molecule has 0 aromatic heterocycles. The van der Waals surface area contributed by atoms with E-state index in [9.17, 15) is 33.9 Å². The SMILES string of the molecule is C=C(N)NCCC[C@@H](CC(=O)[C@@H](CCCCC)NC(=O)CCC(=O)[C@H](CSC(c1ccccc1)(c1ccccc1)c1ccccc1)NC(=O)OC(C)(C)C)C(=O)N[C@H](CCCCC)C(=O)O. The van der Waals surface area contributed by atoms with Crippen LogP contribution in [0.2, 0.25) is 0 Å². The smallest absolute Gasteiger partial charge is 0.408 e. The highest BCUT2D eigenvalue weighted by atomic mass is 32.2. The molecule has 0 spiro atoms. The first-order valence-corrected chi connectivity index (χ1v) is 24.3. The molecule has 0 fully saturated rings. The number of rotatable bonds is 31. The van der Waals surface area contributed by atoms with Gasteiger partial charge in [-0.2, -0.15) is 0 Å². The molecule has 0 radical (unpaired) electrons. The number of carboxylic acids is 1. The van der Waals surface area contributed by atoms with E-state index < -0.39 is 64.1 Å². The van der Waals surface area contributed by atoms with E-state index in [4.69, 9.17) is 10.5 Å². The number of unbranched alkanes of at least 4 members (excludes halogenated alkanes) is 4. The van der Waals surface area contributed by atoms with Crippen molar-refractivity contribution >= 4 is 47.2 Å². The Morgan fingerprint density at radius 2 is 1.18 bits per heavy atom. The van der Waals surface area contributed by atoms with Gasteiger partial charge in [0.05, 0.1) is 22.7 Å². The first-order valence-electron chi connectivity index (χ1n) is 23.4. The van der Waals surface area contributed by atoms with Gasteiger partial charge in [-0.15, -0.1) is 11.8 Å². The Kier molecular flexibility index (Phi) is 23.6. The molecular formula is C52H73N5O8S. The number of carbonyl (C=O) groups is 6. The Hall–Kier alpha value is -5.63. The maximum atomic E-state index is 14.3. The van der Waals surface area contributed by atoms with Gasteiger partial charge in [-0.25, -0.2) is 9.59 Å². The maximum Gasteiger partial charge on any atom is 0.408 e. The summed E-state index contributed by atoms with van der Waals surface area (Å²) in [5, 5.41) is 21.1. The highest BCUT2D eigenvalue weighted by Crippen LogP contribution is 2.48. The van der Waals surface area contributed by atoms with E-state index in [-0.39, 0.29) is 49.5 Å². The first kappa shape index (κ1) is 54.7. The number of ether oxygens (including phenoxy) is 1. The summed E-state index contributed by atoms with van der Waals surface area (Å²) in [5.41, 5.74) is 7.74. The number of hydrogen-bond acceptors (Lipinski definition) is 10. The van der Waals surface area contributed by atoms with Crippen molar-refractivity contribution in [3.05, 3.63) is 120 Å². The van der Waals surface area contributed by atoms with E-state index in [1.165, 1.54) is 11.8 Å². The van der Waals surface area contributed by atoms with Crippen LogP contribution in [0.25, 0.3) is 0 Å². The molecule has 0 aliphatic carbocycles. The Morgan fingerprint density at radius 3 is 1.65 bits per heavy atom. The number of amides is 3. The third-order valence-corrected chi connectivity index (χ3v) is 12.8. The van der Waals surface area contributed by atoms with Crippen LogP contribution < -0.4 is 27.0 Å². The zero-order valence-electron chi connectivity index (χ0n) is 39.6. The quantitative estimate of drug-likeness (QED) is 0.0266. The van der Waals surface area contributed by atoms with Crippen LogP contribution >= 0.6 is 11.8 Å². The Morgan fingerprint density at radius 1 is 0.667 bits per heavy atom. The molecule has 0 heterocycles. The molecule has 0 aliphatic heterocycles. The Balaban J connectivity index is 1.87. The van der Waals surface area contributed by atoms with Crippen LogP contribution in [0.4, 0.5) is 4.79 Å². The summed E-state index contributed by atoms with van der Waals surface area (Å²) in [4.78, 5) is 81.1. The third-order valence-electron chi connectivity index (χ3n) is 11.1. The van der Waals surface area contributed by atoms with Crippen molar-refractivity contribution in [1.82, 2.24) is 21.3 Å². The molecule has 0 unspecified atom stereocenters. The van der Waals surface area contributed by atoms with Gasteiger partial charge < -0.3 is 36.8 Å². The number of alkyl carbamates (subject to hydrolysis) is 1. The number of nitrogens with two attached hydrogens (primary N) is 1. The molecule has 0 saturated heterocycles. The van der Waals surface area contributed by atoms with Gasteiger partial charge in [0.2, 0.25) is 11.8 Å². The number of ketones is 2. The molecule has 7 N–H and O–H groups in total. The summed E-state index contributed by atoms with van der Waals surface area (Å²) in [6.45, 7) is 13.3. The molecule has 3 aromatic rings. The first-order chi connectivity index (χ1) is 31.5. The van der Waals surface area contributed by atoms with Crippen LogP contribution in [-0.2, 0) is 33.5 Å². The van der Waals surface area contributed by atoms with Crippen LogP contribution in [0.3, 0.4) is 0 Å². The van der Waals surface area contributed by atoms with Crippen molar-refractivity contribution < 1.29 is 38.6 Å². The lowest BCUT2D eigenvalue weighted by molar-refractivity contribution is -0.143. The second-order valence-corrected chi connectivity index (χ2v) is 19.0. The summed E-state index contributed by atoms with van der Waals surface area (Å²) < 4.78 is 4.80. The van der Waals surface area contributed by atoms with E-state index in [0.29, 0.717) is 32.2 Å². The van der Waals surface area contributed by atoms with Gasteiger partial charge in [0.25, 0.3) is 0 Å². The number of thioether (sulfide) groups is 1. The average molecular weight is 928 g/mol. The van der Waals surface area contributed by atoms with Crippen molar-refractivity contribution in [2.24, 2.45) is 11.7 Å².